The molecule has 1 aliphatic heterocycles. The van der Waals surface area contributed by atoms with E-state index in [2.05, 4.69) is 4.90 Å². The molecule has 2 N–H and O–H groups in total. The van der Waals surface area contributed by atoms with Crippen LogP contribution in [0.3, 0.4) is 0 Å². The molecule has 0 aromatic rings. The first kappa shape index (κ1) is 14.5. The summed E-state index contributed by atoms with van der Waals surface area (Å²) in [5.74, 6) is 2.24. The summed E-state index contributed by atoms with van der Waals surface area (Å²) in [7, 11) is 0. The molecule has 0 spiro atoms. The maximum atomic E-state index is 12.6. The fourth-order valence-electron chi connectivity index (χ4n) is 5.10. The molecule has 22 heavy (non-hydrogen) atoms. The van der Waals surface area contributed by atoms with Gasteiger partial charge >= 0.3 is 0 Å². The Bertz CT molecular complexity index is 477. The van der Waals surface area contributed by atoms with E-state index in [1.807, 2.05) is 4.90 Å². The van der Waals surface area contributed by atoms with Gasteiger partial charge in [-0.15, -0.1) is 0 Å². The van der Waals surface area contributed by atoms with Gasteiger partial charge in [0, 0.05) is 32.1 Å². The lowest BCUT2D eigenvalue weighted by molar-refractivity contribution is -0.138. The molecular formula is C17H27N3O2. The standard InChI is InChI=1S/C17H27N3O2/c18-17(22)15-10-19(5-6-20(15)14-3-4-14)16(21)9-13-8-11-1-2-12(13)7-11/h11-15H,1-10H2,(H2,18,22). The summed E-state index contributed by atoms with van der Waals surface area (Å²) in [5, 5.41) is 0. The molecule has 1 heterocycles. The summed E-state index contributed by atoms with van der Waals surface area (Å²) >= 11 is 0. The van der Waals surface area contributed by atoms with Crippen molar-refractivity contribution in [3.63, 3.8) is 0 Å². The second-order valence-electron chi connectivity index (χ2n) is 7.87. The van der Waals surface area contributed by atoms with E-state index in [1.54, 1.807) is 0 Å². The first-order valence-electron chi connectivity index (χ1n) is 8.94. The Morgan fingerprint density at radius 1 is 1.05 bits per heavy atom. The summed E-state index contributed by atoms with van der Waals surface area (Å²) in [6.45, 7) is 2.08. The molecule has 2 bridgehead atoms. The Hall–Kier alpha value is -1.10. The minimum absolute atomic E-state index is 0.249. The van der Waals surface area contributed by atoms with Gasteiger partial charge in [-0.05, 0) is 49.9 Å². The maximum Gasteiger partial charge on any atom is 0.236 e. The quantitative estimate of drug-likeness (QED) is 0.842. The number of carbonyl (C=O) groups is 2. The van der Waals surface area contributed by atoms with Gasteiger partial charge in [0.2, 0.25) is 11.8 Å². The van der Waals surface area contributed by atoms with Crippen molar-refractivity contribution in [2.45, 2.75) is 57.0 Å². The molecule has 122 valence electrons. The first-order valence-corrected chi connectivity index (χ1v) is 8.94. The number of carbonyl (C=O) groups excluding carboxylic acids is 2. The van der Waals surface area contributed by atoms with Crippen LogP contribution in [-0.4, -0.2) is 53.3 Å². The van der Waals surface area contributed by atoms with E-state index >= 15 is 0 Å². The van der Waals surface area contributed by atoms with Crippen molar-refractivity contribution in [1.29, 1.82) is 0 Å². The summed E-state index contributed by atoms with van der Waals surface area (Å²) in [4.78, 5) is 28.5. The van der Waals surface area contributed by atoms with E-state index in [9.17, 15) is 9.59 Å². The second kappa shape index (κ2) is 5.52. The lowest BCUT2D eigenvalue weighted by atomic mass is 9.86. The molecule has 4 unspecified atom stereocenters. The van der Waals surface area contributed by atoms with Crippen molar-refractivity contribution in [1.82, 2.24) is 9.80 Å². The van der Waals surface area contributed by atoms with E-state index in [0.717, 1.165) is 24.9 Å². The van der Waals surface area contributed by atoms with E-state index < -0.39 is 0 Å². The van der Waals surface area contributed by atoms with E-state index in [1.165, 1.54) is 38.5 Å². The molecule has 4 aliphatic rings. The van der Waals surface area contributed by atoms with Crippen molar-refractivity contribution >= 4 is 11.8 Å². The van der Waals surface area contributed by atoms with Crippen molar-refractivity contribution in [3.05, 3.63) is 0 Å². The third-order valence-corrected chi connectivity index (χ3v) is 6.44. The van der Waals surface area contributed by atoms with Crippen LogP contribution >= 0.6 is 0 Å². The molecule has 0 aromatic carbocycles. The highest BCUT2D eigenvalue weighted by Gasteiger charge is 2.43. The van der Waals surface area contributed by atoms with Crippen LogP contribution < -0.4 is 5.73 Å². The van der Waals surface area contributed by atoms with E-state index in [4.69, 9.17) is 5.73 Å². The predicted molar refractivity (Wildman–Crippen MR) is 82.8 cm³/mol. The number of nitrogens with zero attached hydrogens (tertiary/aromatic N) is 2. The molecule has 2 amide bonds. The van der Waals surface area contributed by atoms with Crippen LogP contribution in [0, 0.1) is 17.8 Å². The molecule has 0 radical (unpaired) electrons. The summed E-state index contributed by atoms with van der Waals surface area (Å²) in [6, 6.07) is 0.255. The van der Waals surface area contributed by atoms with Gasteiger partial charge in [-0.25, -0.2) is 0 Å². The lowest BCUT2D eigenvalue weighted by Gasteiger charge is -2.40. The molecule has 0 aromatic heterocycles. The van der Waals surface area contributed by atoms with Crippen molar-refractivity contribution < 1.29 is 9.59 Å². The number of fused-ring (bicyclic) bond motifs is 2. The van der Waals surface area contributed by atoms with Gasteiger partial charge in [0.05, 0.1) is 0 Å². The van der Waals surface area contributed by atoms with Crippen LogP contribution in [0.2, 0.25) is 0 Å². The lowest BCUT2D eigenvalue weighted by Crippen LogP contribution is -2.60. The monoisotopic (exact) mass is 305 g/mol. The Labute approximate surface area is 132 Å². The van der Waals surface area contributed by atoms with Gasteiger partial charge in [0.15, 0.2) is 0 Å². The van der Waals surface area contributed by atoms with Gasteiger partial charge in [0.1, 0.15) is 6.04 Å². The second-order valence-corrected chi connectivity index (χ2v) is 7.87. The van der Waals surface area contributed by atoms with Crippen LogP contribution in [0.15, 0.2) is 0 Å². The van der Waals surface area contributed by atoms with Crippen LogP contribution in [0.5, 0.6) is 0 Å². The Morgan fingerprint density at radius 3 is 2.45 bits per heavy atom. The van der Waals surface area contributed by atoms with Crippen LogP contribution in [-0.2, 0) is 9.59 Å². The van der Waals surface area contributed by atoms with E-state index in [0.29, 0.717) is 24.9 Å². The Morgan fingerprint density at radius 2 is 1.86 bits per heavy atom. The molecule has 4 atom stereocenters. The smallest absolute Gasteiger partial charge is 0.236 e. The summed E-state index contributed by atoms with van der Waals surface area (Å²) in [6.07, 6.45) is 8.32. The molecule has 3 aliphatic carbocycles. The fourth-order valence-corrected chi connectivity index (χ4v) is 5.10. The highest BCUT2D eigenvalue weighted by atomic mass is 16.2. The highest BCUT2D eigenvalue weighted by Crippen LogP contribution is 2.49. The zero-order chi connectivity index (χ0) is 15.3. The number of nitrogens with two attached hydrogens (primary N) is 1. The topological polar surface area (TPSA) is 66.6 Å². The minimum Gasteiger partial charge on any atom is -0.368 e. The number of piperazine rings is 1. The zero-order valence-corrected chi connectivity index (χ0v) is 13.2. The Balaban J connectivity index is 1.36. The van der Waals surface area contributed by atoms with Gasteiger partial charge in [-0.3, -0.25) is 14.5 Å². The molecule has 5 heteroatoms. The summed E-state index contributed by atoms with van der Waals surface area (Å²) < 4.78 is 0. The molecule has 3 saturated carbocycles. The van der Waals surface area contributed by atoms with Crippen LogP contribution in [0.4, 0.5) is 0 Å². The SMILES string of the molecule is NC(=O)C1CN(C(=O)CC2CC3CCC2C3)CCN1C1CC1. The fraction of sp³-hybridized carbons (Fsp3) is 0.882. The molecular weight excluding hydrogens is 278 g/mol. The minimum atomic E-state index is -0.274. The average molecular weight is 305 g/mol. The van der Waals surface area contributed by atoms with E-state index in [-0.39, 0.29) is 17.9 Å². The van der Waals surface area contributed by atoms with Crippen molar-refractivity contribution in [3.8, 4) is 0 Å². The zero-order valence-electron chi connectivity index (χ0n) is 13.2. The molecule has 4 rings (SSSR count). The Kier molecular flexibility index (Phi) is 3.63. The van der Waals surface area contributed by atoms with Gasteiger partial charge in [-0.2, -0.15) is 0 Å². The number of amides is 2. The van der Waals surface area contributed by atoms with Crippen molar-refractivity contribution in [2.75, 3.05) is 19.6 Å². The van der Waals surface area contributed by atoms with Crippen molar-refractivity contribution in [2.24, 2.45) is 23.5 Å². The normalized spacial score (nSPS) is 38.5. The number of hydrogen-bond acceptors (Lipinski definition) is 3. The molecule has 1 saturated heterocycles. The van der Waals surface area contributed by atoms with Crippen LogP contribution in [0.1, 0.15) is 44.9 Å². The summed E-state index contributed by atoms with van der Waals surface area (Å²) in [5.41, 5.74) is 5.58. The highest BCUT2D eigenvalue weighted by molar-refractivity contribution is 5.82. The molecule has 4 fully saturated rings. The maximum absolute atomic E-state index is 12.6. The number of rotatable bonds is 4. The predicted octanol–water partition coefficient (Wildman–Crippen LogP) is 0.973. The van der Waals surface area contributed by atoms with Gasteiger partial charge in [0.25, 0.3) is 0 Å². The first-order chi connectivity index (χ1) is 10.6. The third kappa shape index (κ3) is 2.64. The number of primary amides is 1. The van der Waals surface area contributed by atoms with Gasteiger partial charge in [-0.1, -0.05) is 6.42 Å². The van der Waals surface area contributed by atoms with Gasteiger partial charge < -0.3 is 10.6 Å². The molecule has 5 nitrogen and oxygen atoms in total. The number of hydrogen-bond donors (Lipinski definition) is 1. The average Bonchev–Trinajstić information content (AvgIpc) is 3.15. The third-order valence-electron chi connectivity index (χ3n) is 6.44. The van der Waals surface area contributed by atoms with Crippen LogP contribution in [0.25, 0.3) is 0 Å². The largest absolute Gasteiger partial charge is 0.368 e.